The number of benzene rings is 1. The van der Waals surface area contributed by atoms with E-state index in [-0.39, 0.29) is 11.6 Å². The Bertz CT molecular complexity index is 1230. The van der Waals surface area contributed by atoms with Gasteiger partial charge in [-0.2, -0.15) is 0 Å². The molecule has 0 radical (unpaired) electrons. The van der Waals surface area contributed by atoms with Crippen molar-refractivity contribution in [3.8, 4) is 23.1 Å². The van der Waals surface area contributed by atoms with Crippen molar-refractivity contribution in [2.24, 2.45) is 14.1 Å². The van der Waals surface area contributed by atoms with Crippen LogP contribution in [0.5, 0.6) is 6.01 Å². The Labute approximate surface area is 170 Å². The number of aromatic nitrogens is 8. The van der Waals surface area contributed by atoms with E-state index < -0.39 is 6.10 Å². The topological polar surface area (TPSA) is 106 Å². The van der Waals surface area contributed by atoms with Crippen molar-refractivity contribution in [2.45, 2.75) is 13.0 Å². The fourth-order valence-corrected chi connectivity index (χ4v) is 2.85. The molecule has 0 amide bonds. The van der Waals surface area contributed by atoms with E-state index >= 15 is 0 Å². The minimum atomic E-state index is -0.526. The molecule has 0 unspecified atom stereocenters. The predicted molar refractivity (Wildman–Crippen MR) is 105 cm³/mol. The first-order valence-electron chi connectivity index (χ1n) is 8.71. The zero-order chi connectivity index (χ0) is 20.5. The molecule has 1 aromatic carbocycles. The number of tetrazole rings is 1. The molecule has 4 rings (SSSR count). The molecular weight excluding hydrogens is 396 g/mol. The van der Waals surface area contributed by atoms with E-state index in [2.05, 4.69) is 25.6 Å². The molecule has 0 bridgehead atoms. The highest BCUT2D eigenvalue weighted by molar-refractivity contribution is 6.30. The average molecular weight is 413 g/mol. The van der Waals surface area contributed by atoms with E-state index in [9.17, 15) is 4.79 Å². The Kier molecular flexibility index (Phi) is 4.85. The smallest absolute Gasteiger partial charge is 0.317 e. The lowest BCUT2D eigenvalue weighted by molar-refractivity contribution is 0.190. The molecule has 0 saturated heterocycles. The van der Waals surface area contributed by atoms with Crippen molar-refractivity contribution in [1.82, 2.24) is 39.5 Å². The van der Waals surface area contributed by atoms with Crippen LogP contribution in [-0.2, 0) is 14.1 Å². The second-order valence-electron chi connectivity index (χ2n) is 6.41. The molecule has 3 aromatic heterocycles. The van der Waals surface area contributed by atoms with Crippen LogP contribution in [0.4, 0.5) is 0 Å². The number of pyridine rings is 1. The van der Waals surface area contributed by atoms with Crippen molar-refractivity contribution in [3.63, 3.8) is 0 Å². The maximum absolute atomic E-state index is 11.9. The van der Waals surface area contributed by atoms with Crippen LogP contribution >= 0.6 is 11.6 Å². The minimum absolute atomic E-state index is 0.136. The van der Waals surface area contributed by atoms with Gasteiger partial charge in [-0.05, 0) is 36.4 Å². The first kappa shape index (κ1) is 18.8. The molecule has 0 fully saturated rings. The van der Waals surface area contributed by atoms with Crippen molar-refractivity contribution >= 4 is 11.6 Å². The molecule has 0 saturated carbocycles. The molecule has 10 nitrogen and oxygen atoms in total. The van der Waals surface area contributed by atoms with E-state index in [4.69, 9.17) is 16.3 Å². The minimum Gasteiger partial charge on any atom is -0.452 e. The highest BCUT2D eigenvalue weighted by atomic mass is 35.5. The molecule has 0 aliphatic carbocycles. The van der Waals surface area contributed by atoms with Crippen LogP contribution in [0.15, 0.2) is 47.4 Å². The largest absolute Gasteiger partial charge is 0.452 e. The fourth-order valence-electron chi connectivity index (χ4n) is 2.67. The molecule has 148 valence electrons. The summed E-state index contributed by atoms with van der Waals surface area (Å²) in [5, 5.41) is 21.2. The summed E-state index contributed by atoms with van der Waals surface area (Å²) in [5.74, 6) is 0.892. The molecule has 11 heteroatoms. The second-order valence-corrected chi connectivity index (χ2v) is 6.84. The quantitative estimate of drug-likeness (QED) is 0.493. The van der Waals surface area contributed by atoms with Gasteiger partial charge < -0.3 is 9.30 Å². The summed E-state index contributed by atoms with van der Waals surface area (Å²) in [7, 11) is 3.44. The molecule has 0 N–H and O–H groups in total. The lowest BCUT2D eigenvalue weighted by atomic mass is 10.2. The van der Waals surface area contributed by atoms with Crippen LogP contribution < -0.4 is 10.3 Å². The highest BCUT2D eigenvalue weighted by Crippen LogP contribution is 2.22. The van der Waals surface area contributed by atoms with Gasteiger partial charge in [0.2, 0.25) is 5.82 Å². The van der Waals surface area contributed by atoms with E-state index in [1.165, 1.54) is 15.4 Å². The number of hydrogen-bond donors (Lipinski definition) is 0. The Hall–Kier alpha value is -3.53. The van der Waals surface area contributed by atoms with E-state index in [0.29, 0.717) is 27.9 Å². The van der Waals surface area contributed by atoms with Gasteiger partial charge in [0.25, 0.3) is 5.56 Å². The number of halogens is 1. The molecule has 4 aromatic rings. The van der Waals surface area contributed by atoms with Gasteiger partial charge in [0.1, 0.15) is 0 Å². The van der Waals surface area contributed by atoms with Gasteiger partial charge in [-0.3, -0.25) is 9.36 Å². The average Bonchev–Trinajstić information content (AvgIpc) is 3.32. The van der Waals surface area contributed by atoms with E-state index in [1.807, 2.05) is 6.07 Å². The summed E-state index contributed by atoms with van der Waals surface area (Å²) in [4.78, 5) is 13.3. The van der Waals surface area contributed by atoms with Gasteiger partial charge in [0.15, 0.2) is 11.9 Å². The number of rotatable bonds is 5. The third-order valence-corrected chi connectivity index (χ3v) is 4.55. The Morgan fingerprint density at radius 3 is 2.69 bits per heavy atom. The normalized spacial score (nSPS) is 12.1. The summed E-state index contributed by atoms with van der Waals surface area (Å²) in [6.07, 6.45) is 1.15. The van der Waals surface area contributed by atoms with Crippen molar-refractivity contribution in [3.05, 3.63) is 63.8 Å². The van der Waals surface area contributed by atoms with Gasteiger partial charge >= 0.3 is 6.01 Å². The third kappa shape index (κ3) is 3.74. The van der Waals surface area contributed by atoms with Crippen LogP contribution in [0.25, 0.3) is 17.1 Å². The summed E-state index contributed by atoms with van der Waals surface area (Å²) < 4.78 is 9.00. The maximum atomic E-state index is 11.9. The second kappa shape index (κ2) is 7.47. The molecule has 0 aliphatic rings. The number of nitrogens with zero attached hydrogens (tertiary/aromatic N) is 8. The maximum Gasteiger partial charge on any atom is 0.317 e. The molecular formula is C18H17ClN8O2. The number of aryl methyl sites for hydroxylation is 1. The molecule has 0 spiro atoms. The standard InChI is InChI=1S/C18H17ClN8O2/c1-11(16-20-24-27(23-16)14-6-4-5-13(19)10-14)29-18-22-21-17(26(18)3)12-7-8-25(2)15(28)9-12/h4-11H,1-3H3/t11-/m1/s1. The first-order valence-corrected chi connectivity index (χ1v) is 9.09. The summed E-state index contributed by atoms with van der Waals surface area (Å²) >= 11 is 6.01. The lowest BCUT2D eigenvalue weighted by Gasteiger charge is -2.10. The van der Waals surface area contributed by atoms with Crippen molar-refractivity contribution < 1.29 is 4.74 Å². The zero-order valence-electron chi connectivity index (χ0n) is 15.9. The molecule has 0 aliphatic heterocycles. The van der Waals surface area contributed by atoms with Crippen LogP contribution in [0.2, 0.25) is 5.02 Å². The molecule has 3 heterocycles. The van der Waals surface area contributed by atoms with E-state index in [1.54, 1.807) is 56.0 Å². The third-order valence-electron chi connectivity index (χ3n) is 4.31. The summed E-state index contributed by atoms with van der Waals surface area (Å²) in [5.41, 5.74) is 1.20. The Morgan fingerprint density at radius 2 is 1.93 bits per heavy atom. The monoisotopic (exact) mass is 412 g/mol. The van der Waals surface area contributed by atoms with Crippen molar-refractivity contribution in [1.29, 1.82) is 0 Å². The van der Waals surface area contributed by atoms with Gasteiger partial charge in [-0.1, -0.05) is 22.8 Å². The van der Waals surface area contributed by atoms with Gasteiger partial charge in [-0.15, -0.1) is 20.1 Å². The Morgan fingerprint density at radius 1 is 1.10 bits per heavy atom. The highest BCUT2D eigenvalue weighted by Gasteiger charge is 2.19. The van der Waals surface area contributed by atoms with Crippen LogP contribution in [-0.4, -0.2) is 39.5 Å². The van der Waals surface area contributed by atoms with Crippen LogP contribution in [0.1, 0.15) is 18.9 Å². The zero-order valence-corrected chi connectivity index (χ0v) is 16.6. The van der Waals surface area contributed by atoms with Crippen LogP contribution in [0.3, 0.4) is 0 Å². The van der Waals surface area contributed by atoms with Gasteiger partial charge in [-0.25, -0.2) is 0 Å². The van der Waals surface area contributed by atoms with Crippen molar-refractivity contribution in [2.75, 3.05) is 0 Å². The summed E-state index contributed by atoms with van der Waals surface area (Å²) in [6, 6.07) is 10.7. The molecule has 1 atom stereocenters. The lowest BCUT2D eigenvalue weighted by Crippen LogP contribution is -2.14. The predicted octanol–water partition coefficient (Wildman–Crippen LogP) is 1.95. The number of ether oxygens (including phenoxy) is 1. The molecule has 29 heavy (non-hydrogen) atoms. The SMILES string of the molecule is C[C@@H](Oc1nnc(-c2ccn(C)c(=O)c2)n1C)c1nnn(-c2cccc(Cl)c2)n1. The number of hydrogen-bond acceptors (Lipinski definition) is 7. The fraction of sp³-hybridized carbons (Fsp3) is 0.222. The Balaban J connectivity index is 1.55. The van der Waals surface area contributed by atoms with Crippen LogP contribution in [0, 0.1) is 0 Å². The van der Waals surface area contributed by atoms with Gasteiger partial charge in [0.05, 0.1) is 5.69 Å². The van der Waals surface area contributed by atoms with E-state index in [0.717, 1.165) is 0 Å². The first-order chi connectivity index (χ1) is 13.9. The summed E-state index contributed by atoms with van der Waals surface area (Å²) in [6.45, 7) is 1.78. The van der Waals surface area contributed by atoms with Gasteiger partial charge in [0, 0.05) is 36.9 Å².